The highest BCUT2D eigenvalue weighted by atomic mass is 32.1. The molecule has 1 aliphatic rings. The third-order valence-electron chi connectivity index (χ3n) is 3.79. The number of thiophene rings is 1. The Balaban J connectivity index is 1.69. The van der Waals surface area contributed by atoms with Gasteiger partial charge >= 0.3 is 0 Å². The summed E-state index contributed by atoms with van der Waals surface area (Å²) in [4.78, 5) is 13.4. The number of rotatable bonds is 4. The third kappa shape index (κ3) is 3.06. The number of amides is 1. The summed E-state index contributed by atoms with van der Waals surface area (Å²) in [5.74, 6) is -0.176. The molecule has 0 spiro atoms. The van der Waals surface area contributed by atoms with Crippen LogP contribution in [0.2, 0.25) is 0 Å². The SMILES string of the molecule is CCc1[nH]nc(C(=O)Nc2ccc(C3CNCCO3)s2)c1C. The van der Waals surface area contributed by atoms with E-state index < -0.39 is 0 Å². The molecule has 1 fully saturated rings. The molecular formula is C15H20N4O2S. The molecule has 1 atom stereocenters. The Morgan fingerprint density at radius 2 is 2.41 bits per heavy atom. The molecule has 0 aliphatic carbocycles. The maximum absolute atomic E-state index is 12.3. The van der Waals surface area contributed by atoms with Crippen LogP contribution in [0, 0.1) is 6.92 Å². The lowest BCUT2D eigenvalue weighted by atomic mass is 10.1. The van der Waals surface area contributed by atoms with Crippen molar-refractivity contribution in [1.82, 2.24) is 15.5 Å². The van der Waals surface area contributed by atoms with Gasteiger partial charge in [0.05, 0.1) is 11.6 Å². The molecule has 1 saturated heterocycles. The number of aryl methyl sites for hydroxylation is 1. The standard InChI is InChI=1S/C15H20N4O2S/c1-3-10-9(2)14(19-18-10)15(20)17-13-5-4-12(22-13)11-8-16-6-7-21-11/h4-5,11,16H,3,6-8H2,1-2H3,(H,17,20)(H,18,19). The molecule has 0 bridgehead atoms. The van der Waals surface area contributed by atoms with Gasteiger partial charge in [0.1, 0.15) is 6.10 Å². The number of hydrogen-bond donors (Lipinski definition) is 3. The first kappa shape index (κ1) is 15.2. The number of carbonyl (C=O) groups excluding carboxylic acids is 1. The van der Waals surface area contributed by atoms with Gasteiger partial charge in [-0.1, -0.05) is 6.92 Å². The van der Waals surface area contributed by atoms with Gasteiger partial charge in [-0.2, -0.15) is 5.10 Å². The topological polar surface area (TPSA) is 79.0 Å². The van der Waals surface area contributed by atoms with Gasteiger partial charge < -0.3 is 15.4 Å². The molecule has 0 radical (unpaired) electrons. The Bertz CT molecular complexity index is 658. The second kappa shape index (κ2) is 6.60. The van der Waals surface area contributed by atoms with Gasteiger partial charge in [-0.3, -0.25) is 9.89 Å². The van der Waals surface area contributed by atoms with Gasteiger partial charge in [-0.15, -0.1) is 11.3 Å². The average molecular weight is 320 g/mol. The van der Waals surface area contributed by atoms with E-state index >= 15 is 0 Å². The molecule has 7 heteroatoms. The van der Waals surface area contributed by atoms with Crippen LogP contribution in [0.25, 0.3) is 0 Å². The zero-order chi connectivity index (χ0) is 15.5. The second-order valence-corrected chi connectivity index (χ2v) is 6.36. The van der Waals surface area contributed by atoms with Crippen molar-refractivity contribution in [2.45, 2.75) is 26.4 Å². The number of hydrogen-bond acceptors (Lipinski definition) is 5. The molecule has 2 aromatic rings. The highest BCUT2D eigenvalue weighted by Gasteiger charge is 2.20. The number of aromatic nitrogens is 2. The van der Waals surface area contributed by atoms with Gasteiger partial charge in [0, 0.05) is 29.2 Å². The first-order valence-corrected chi connectivity index (χ1v) is 8.28. The van der Waals surface area contributed by atoms with E-state index in [0.29, 0.717) is 5.69 Å². The summed E-state index contributed by atoms with van der Waals surface area (Å²) in [6, 6.07) is 3.92. The van der Waals surface area contributed by atoms with Crippen molar-refractivity contribution < 1.29 is 9.53 Å². The number of morpholine rings is 1. The predicted octanol–water partition coefficient (Wildman–Crippen LogP) is 2.26. The summed E-state index contributed by atoms with van der Waals surface area (Å²) in [5.41, 5.74) is 2.37. The van der Waals surface area contributed by atoms with Crippen LogP contribution in [-0.4, -0.2) is 35.8 Å². The molecule has 3 heterocycles. The van der Waals surface area contributed by atoms with Gasteiger partial charge in [0.15, 0.2) is 5.69 Å². The smallest absolute Gasteiger partial charge is 0.277 e. The molecular weight excluding hydrogens is 300 g/mol. The van der Waals surface area contributed by atoms with Crippen LogP contribution >= 0.6 is 11.3 Å². The van der Waals surface area contributed by atoms with E-state index in [2.05, 4.69) is 20.8 Å². The zero-order valence-corrected chi connectivity index (χ0v) is 13.5. The summed E-state index contributed by atoms with van der Waals surface area (Å²) >= 11 is 1.55. The van der Waals surface area contributed by atoms with Crippen LogP contribution in [0.15, 0.2) is 12.1 Å². The molecule has 3 rings (SSSR count). The molecule has 6 nitrogen and oxygen atoms in total. The molecule has 0 aromatic carbocycles. The van der Waals surface area contributed by atoms with E-state index in [-0.39, 0.29) is 12.0 Å². The highest BCUT2D eigenvalue weighted by molar-refractivity contribution is 7.16. The number of carbonyl (C=O) groups is 1. The monoisotopic (exact) mass is 320 g/mol. The quantitative estimate of drug-likeness (QED) is 0.807. The van der Waals surface area contributed by atoms with Crippen LogP contribution in [0.3, 0.4) is 0 Å². The summed E-state index contributed by atoms with van der Waals surface area (Å²) in [5, 5.41) is 14.1. The van der Waals surface area contributed by atoms with Crippen molar-refractivity contribution in [2.24, 2.45) is 0 Å². The molecule has 3 N–H and O–H groups in total. The van der Waals surface area contributed by atoms with Crippen LogP contribution in [0.1, 0.15) is 39.7 Å². The number of nitrogens with one attached hydrogen (secondary N) is 3. The fourth-order valence-electron chi connectivity index (χ4n) is 2.51. The largest absolute Gasteiger partial charge is 0.370 e. The summed E-state index contributed by atoms with van der Waals surface area (Å²) in [6.45, 7) is 6.37. The van der Waals surface area contributed by atoms with Crippen LogP contribution in [0.5, 0.6) is 0 Å². The molecule has 1 amide bonds. The molecule has 22 heavy (non-hydrogen) atoms. The Morgan fingerprint density at radius 3 is 3.09 bits per heavy atom. The fourth-order valence-corrected chi connectivity index (χ4v) is 3.46. The molecule has 1 aliphatic heterocycles. The lowest BCUT2D eigenvalue weighted by molar-refractivity contribution is 0.0299. The molecule has 0 saturated carbocycles. The Hall–Kier alpha value is -1.70. The molecule has 118 valence electrons. The minimum absolute atomic E-state index is 0.0724. The maximum atomic E-state index is 12.3. The van der Waals surface area contributed by atoms with E-state index in [0.717, 1.165) is 47.3 Å². The zero-order valence-electron chi connectivity index (χ0n) is 12.7. The average Bonchev–Trinajstić information content (AvgIpc) is 3.14. The fraction of sp³-hybridized carbons (Fsp3) is 0.467. The maximum Gasteiger partial charge on any atom is 0.277 e. The first-order chi connectivity index (χ1) is 10.7. The van der Waals surface area contributed by atoms with Crippen molar-refractivity contribution in [1.29, 1.82) is 0 Å². The van der Waals surface area contributed by atoms with Crippen molar-refractivity contribution in [3.8, 4) is 0 Å². The number of nitrogens with zero attached hydrogens (tertiary/aromatic N) is 1. The van der Waals surface area contributed by atoms with Crippen molar-refractivity contribution >= 4 is 22.2 Å². The van der Waals surface area contributed by atoms with Crippen molar-refractivity contribution in [3.05, 3.63) is 34.0 Å². The van der Waals surface area contributed by atoms with E-state index in [1.165, 1.54) is 0 Å². The van der Waals surface area contributed by atoms with Gasteiger partial charge in [0.2, 0.25) is 0 Å². The minimum Gasteiger partial charge on any atom is -0.370 e. The van der Waals surface area contributed by atoms with Crippen LogP contribution in [0.4, 0.5) is 5.00 Å². The Morgan fingerprint density at radius 1 is 1.55 bits per heavy atom. The number of anilines is 1. The summed E-state index contributed by atoms with van der Waals surface area (Å²) in [6.07, 6.45) is 0.907. The van der Waals surface area contributed by atoms with Gasteiger partial charge in [-0.05, 0) is 25.5 Å². The van der Waals surface area contributed by atoms with Crippen molar-refractivity contribution in [2.75, 3.05) is 25.0 Å². The van der Waals surface area contributed by atoms with E-state index in [9.17, 15) is 4.79 Å². The van der Waals surface area contributed by atoms with Gasteiger partial charge in [0.25, 0.3) is 5.91 Å². The highest BCUT2D eigenvalue weighted by Crippen LogP contribution is 2.30. The summed E-state index contributed by atoms with van der Waals surface area (Å²) in [7, 11) is 0. The Labute approximate surface area is 133 Å². The number of H-pyrrole nitrogens is 1. The first-order valence-electron chi connectivity index (χ1n) is 7.46. The normalized spacial score (nSPS) is 18.4. The third-order valence-corrected chi connectivity index (χ3v) is 4.88. The molecule has 1 unspecified atom stereocenters. The van der Waals surface area contributed by atoms with Gasteiger partial charge in [-0.25, -0.2) is 0 Å². The molecule has 2 aromatic heterocycles. The van der Waals surface area contributed by atoms with E-state index in [1.807, 2.05) is 26.0 Å². The second-order valence-electron chi connectivity index (χ2n) is 5.25. The lowest BCUT2D eigenvalue weighted by Gasteiger charge is -2.22. The Kier molecular flexibility index (Phi) is 4.56. The lowest BCUT2D eigenvalue weighted by Crippen LogP contribution is -2.32. The van der Waals surface area contributed by atoms with E-state index in [1.54, 1.807) is 11.3 Å². The van der Waals surface area contributed by atoms with Crippen LogP contribution in [-0.2, 0) is 11.2 Å². The number of ether oxygens (including phenoxy) is 1. The van der Waals surface area contributed by atoms with E-state index in [4.69, 9.17) is 4.74 Å². The minimum atomic E-state index is -0.176. The number of aromatic amines is 1. The van der Waals surface area contributed by atoms with Crippen LogP contribution < -0.4 is 10.6 Å². The predicted molar refractivity (Wildman–Crippen MR) is 86.5 cm³/mol. The summed E-state index contributed by atoms with van der Waals surface area (Å²) < 4.78 is 5.72. The van der Waals surface area contributed by atoms with Crippen molar-refractivity contribution in [3.63, 3.8) is 0 Å².